The van der Waals surface area contributed by atoms with Gasteiger partial charge in [-0.2, -0.15) is 9.36 Å². The van der Waals surface area contributed by atoms with E-state index in [9.17, 15) is 4.79 Å². The van der Waals surface area contributed by atoms with Crippen LogP contribution >= 0.6 is 23.2 Å². The lowest BCUT2D eigenvalue weighted by Gasteiger charge is -2.15. The predicted octanol–water partition coefficient (Wildman–Crippen LogP) is 3.80. The lowest BCUT2D eigenvalue weighted by Crippen LogP contribution is -2.26. The van der Waals surface area contributed by atoms with Crippen molar-refractivity contribution in [3.8, 4) is 5.69 Å². The number of aryl methyl sites for hydroxylation is 1. The van der Waals surface area contributed by atoms with E-state index in [1.807, 2.05) is 39.0 Å². The van der Waals surface area contributed by atoms with Crippen LogP contribution in [-0.4, -0.2) is 19.8 Å². The molecule has 2 N–H and O–H groups in total. The molecule has 1 aromatic heterocycles. The number of hydrogen-bond acceptors (Lipinski definition) is 4. The average Bonchev–Trinajstić information content (AvgIpc) is 2.98. The first-order valence-electron chi connectivity index (χ1n) is 8.75. The Bertz CT molecular complexity index is 1030. The van der Waals surface area contributed by atoms with Crippen molar-refractivity contribution in [1.82, 2.24) is 19.8 Å². The number of nitrogens with two attached hydrogens (primary N) is 1. The van der Waals surface area contributed by atoms with Gasteiger partial charge in [-0.1, -0.05) is 49.2 Å². The molecule has 0 fully saturated rings. The first kappa shape index (κ1) is 19.5. The normalized spacial score (nSPS) is 11.1. The topological polar surface area (TPSA) is 78.7 Å². The third-order valence-corrected chi connectivity index (χ3v) is 5.30. The van der Waals surface area contributed by atoms with Gasteiger partial charge in [0.1, 0.15) is 0 Å². The minimum atomic E-state index is -0.341. The van der Waals surface area contributed by atoms with Crippen molar-refractivity contribution >= 4 is 28.9 Å². The van der Waals surface area contributed by atoms with Gasteiger partial charge in [-0.25, -0.2) is 4.79 Å². The van der Waals surface area contributed by atoms with E-state index in [1.54, 1.807) is 6.07 Å². The summed E-state index contributed by atoms with van der Waals surface area (Å²) in [5.74, 6) is 0. The highest BCUT2D eigenvalue weighted by atomic mass is 35.5. The quantitative estimate of drug-likeness (QED) is 0.654. The Morgan fingerprint density at radius 3 is 2.22 bits per heavy atom. The zero-order chi connectivity index (χ0) is 19.7. The number of nitrogens with zero attached hydrogens (tertiary/aromatic N) is 4. The number of tetrazole rings is 1. The van der Waals surface area contributed by atoms with Crippen LogP contribution < -0.4 is 11.4 Å². The fourth-order valence-corrected chi connectivity index (χ4v) is 3.87. The lowest BCUT2D eigenvalue weighted by atomic mass is 10.0. The summed E-state index contributed by atoms with van der Waals surface area (Å²) in [6.45, 7) is 6.18. The number of halogens is 2. The van der Waals surface area contributed by atoms with Gasteiger partial charge in [-0.05, 0) is 64.6 Å². The number of rotatable bonds is 5. The van der Waals surface area contributed by atoms with Crippen LogP contribution in [0.1, 0.15) is 36.1 Å². The van der Waals surface area contributed by atoms with Crippen LogP contribution in [0.3, 0.4) is 0 Å². The molecule has 0 aliphatic carbocycles. The van der Waals surface area contributed by atoms with Crippen LogP contribution in [0.5, 0.6) is 0 Å². The molecule has 142 valence electrons. The monoisotopic (exact) mass is 405 g/mol. The molecule has 0 aliphatic heterocycles. The number of aromatic nitrogens is 4. The highest BCUT2D eigenvalue weighted by molar-refractivity contribution is 6.36. The second kappa shape index (κ2) is 7.74. The van der Waals surface area contributed by atoms with E-state index < -0.39 is 0 Å². The predicted molar refractivity (Wildman–Crippen MR) is 109 cm³/mol. The van der Waals surface area contributed by atoms with Gasteiger partial charge in [0.15, 0.2) is 0 Å². The molecular weight excluding hydrogens is 385 g/mol. The molecule has 0 atom stereocenters. The molecule has 6 nitrogen and oxygen atoms in total. The molecule has 0 unspecified atom stereocenters. The summed E-state index contributed by atoms with van der Waals surface area (Å²) in [7, 11) is 0. The molecule has 0 spiro atoms. The Balaban J connectivity index is 2.11. The molecule has 0 bridgehead atoms. The van der Waals surface area contributed by atoms with Crippen LogP contribution in [0.4, 0.5) is 5.69 Å². The highest BCUT2D eigenvalue weighted by Crippen LogP contribution is 2.32. The Kier molecular flexibility index (Phi) is 5.58. The smallest absolute Gasteiger partial charge is 0.368 e. The van der Waals surface area contributed by atoms with Crippen molar-refractivity contribution in [1.29, 1.82) is 0 Å². The third kappa shape index (κ3) is 3.59. The van der Waals surface area contributed by atoms with Gasteiger partial charge < -0.3 is 5.73 Å². The second-order valence-corrected chi connectivity index (χ2v) is 7.19. The van der Waals surface area contributed by atoms with E-state index in [0.29, 0.717) is 40.8 Å². The SMILES string of the molecule is CCc1c(Cl)cc(Cl)c(CC)c1-n1nnn(Cc2ccc(N)c(C)c2)c1=O. The molecule has 27 heavy (non-hydrogen) atoms. The molecule has 0 amide bonds. The largest absolute Gasteiger partial charge is 0.399 e. The maximum absolute atomic E-state index is 13.0. The molecule has 8 heteroatoms. The van der Waals surface area contributed by atoms with E-state index in [-0.39, 0.29) is 5.69 Å². The third-order valence-electron chi connectivity index (χ3n) is 4.63. The first-order valence-corrected chi connectivity index (χ1v) is 9.50. The molecule has 0 saturated carbocycles. The van der Waals surface area contributed by atoms with E-state index in [4.69, 9.17) is 28.9 Å². The fourth-order valence-electron chi connectivity index (χ4n) is 3.15. The maximum Gasteiger partial charge on any atom is 0.368 e. The lowest BCUT2D eigenvalue weighted by molar-refractivity contribution is 0.631. The molecule has 0 saturated heterocycles. The summed E-state index contributed by atoms with van der Waals surface area (Å²) < 4.78 is 2.61. The van der Waals surface area contributed by atoms with E-state index >= 15 is 0 Å². The number of nitrogen functional groups attached to an aromatic ring is 1. The minimum Gasteiger partial charge on any atom is -0.399 e. The fraction of sp³-hybridized carbons (Fsp3) is 0.316. The zero-order valence-corrected chi connectivity index (χ0v) is 17.0. The standard InChI is InChI=1S/C19H21Cl2N5O/c1-4-13-15(20)9-16(21)14(5-2)18(13)26-19(27)25(23-24-26)10-12-6-7-17(22)11(3)8-12/h6-9H,4-5,10,22H2,1-3H3. The van der Waals surface area contributed by atoms with Crippen molar-refractivity contribution in [2.75, 3.05) is 5.73 Å². The van der Waals surface area contributed by atoms with Crippen molar-refractivity contribution in [3.05, 3.63) is 67.0 Å². The van der Waals surface area contributed by atoms with Gasteiger partial charge in [0.25, 0.3) is 0 Å². The van der Waals surface area contributed by atoms with E-state index in [0.717, 1.165) is 22.3 Å². The van der Waals surface area contributed by atoms with Gasteiger partial charge in [-0.15, -0.1) is 0 Å². The molecule has 1 heterocycles. The van der Waals surface area contributed by atoms with Crippen molar-refractivity contribution < 1.29 is 0 Å². The van der Waals surface area contributed by atoms with Crippen LogP contribution in [0.2, 0.25) is 10.0 Å². The molecular formula is C19H21Cl2N5O. The van der Waals surface area contributed by atoms with Crippen molar-refractivity contribution in [2.45, 2.75) is 40.2 Å². The highest BCUT2D eigenvalue weighted by Gasteiger charge is 2.20. The van der Waals surface area contributed by atoms with Gasteiger partial charge in [0.2, 0.25) is 0 Å². The first-order chi connectivity index (χ1) is 12.9. The van der Waals surface area contributed by atoms with Crippen LogP contribution in [0.25, 0.3) is 5.69 Å². The van der Waals surface area contributed by atoms with Gasteiger partial charge in [0, 0.05) is 15.7 Å². The second-order valence-electron chi connectivity index (χ2n) is 6.37. The van der Waals surface area contributed by atoms with Crippen LogP contribution in [0.15, 0.2) is 29.1 Å². The average molecular weight is 406 g/mol. The maximum atomic E-state index is 13.0. The minimum absolute atomic E-state index is 0.303. The summed E-state index contributed by atoms with van der Waals surface area (Å²) in [6.07, 6.45) is 1.30. The summed E-state index contributed by atoms with van der Waals surface area (Å²) in [4.78, 5) is 13.0. The van der Waals surface area contributed by atoms with Gasteiger partial charge in [-0.3, -0.25) is 0 Å². The molecule has 3 rings (SSSR count). The van der Waals surface area contributed by atoms with E-state index in [1.165, 1.54) is 9.36 Å². The summed E-state index contributed by atoms with van der Waals surface area (Å²) in [5.41, 5.74) is 10.4. The van der Waals surface area contributed by atoms with Gasteiger partial charge >= 0.3 is 5.69 Å². The summed E-state index contributed by atoms with van der Waals surface area (Å²) >= 11 is 12.7. The zero-order valence-electron chi connectivity index (χ0n) is 15.5. The van der Waals surface area contributed by atoms with Crippen molar-refractivity contribution in [3.63, 3.8) is 0 Å². The number of benzene rings is 2. The Morgan fingerprint density at radius 1 is 1.04 bits per heavy atom. The van der Waals surface area contributed by atoms with E-state index in [2.05, 4.69) is 10.4 Å². The molecule has 0 radical (unpaired) electrons. The molecule has 3 aromatic rings. The van der Waals surface area contributed by atoms with Crippen molar-refractivity contribution in [2.24, 2.45) is 0 Å². The Labute approximate surface area is 167 Å². The summed E-state index contributed by atoms with van der Waals surface area (Å²) in [6, 6.07) is 7.35. The van der Waals surface area contributed by atoms with Crippen LogP contribution in [-0.2, 0) is 19.4 Å². The number of anilines is 1. The molecule has 2 aromatic carbocycles. The summed E-state index contributed by atoms with van der Waals surface area (Å²) in [5, 5.41) is 9.18. The number of hydrogen-bond donors (Lipinski definition) is 1. The Morgan fingerprint density at radius 2 is 1.67 bits per heavy atom. The van der Waals surface area contributed by atoms with Gasteiger partial charge in [0.05, 0.1) is 12.2 Å². The van der Waals surface area contributed by atoms with Crippen LogP contribution in [0, 0.1) is 6.92 Å². The Hall–Kier alpha value is -2.31. The molecule has 0 aliphatic rings.